The summed E-state index contributed by atoms with van der Waals surface area (Å²) in [6.07, 6.45) is 2.22. The summed E-state index contributed by atoms with van der Waals surface area (Å²) in [7, 11) is 2.78. The number of nitrogens with two attached hydrogens (primary N) is 1. The Morgan fingerprint density at radius 2 is 1.17 bits per heavy atom. The number of carbonyl (C=O) groups is 2. The van der Waals surface area contributed by atoms with Gasteiger partial charge in [-0.1, -0.05) is 85.4 Å². The van der Waals surface area contributed by atoms with E-state index in [-0.39, 0.29) is 18.7 Å². The van der Waals surface area contributed by atoms with Gasteiger partial charge in [-0.3, -0.25) is 9.59 Å². The van der Waals surface area contributed by atoms with Crippen LogP contribution >= 0.6 is 0 Å². The van der Waals surface area contributed by atoms with Crippen molar-refractivity contribution in [3.63, 3.8) is 0 Å². The first-order valence-electron chi connectivity index (χ1n) is 15.8. The third-order valence-corrected chi connectivity index (χ3v) is 7.64. The SMILES string of the molecule is C.CC(C)CC(C)c1ccccc1N.Cc1nn(C)c(F)c1C(=O)F.Cc1nn(C)c(F)c1C(=O)Nc1ccccc1C(C)CC(C)C. The molecule has 0 aliphatic rings. The van der Waals surface area contributed by atoms with Crippen molar-refractivity contribution in [1.82, 2.24) is 19.6 Å². The lowest BCUT2D eigenvalue weighted by atomic mass is 9.91. The molecule has 8 nitrogen and oxygen atoms in total. The van der Waals surface area contributed by atoms with Gasteiger partial charge in [0.1, 0.15) is 11.1 Å². The fourth-order valence-electron chi connectivity index (χ4n) is 5.59. The van der Waals surface area contributed by atoms with Gasteiger partial charge in [0, 0.05) is 25.5 Å². The van der Waals surface area contributed by atoms with Gasteiger partial charge in [0.05, 0.1) is 11.4 Å². The summed E-state index contributed by atoms with van der Waals surface area (Å²) in [5.74, 6) is 0.161. The number of aromatic nitrogens is 4. The lowest BCUT2D eigenvalue weighted by Crippen LogP contribution is -2.16. The van der Waals surface area contributed by atoms with E-state index in [2.05, 4.69) is 69.2 Å². The normalized spacial score (nSPS) is 11.9. The topological polar surface area (TPSA) is 108 Å². The van der Waals surface area contributed by atoms with Crippen LogP contribution in [0.1, 0.15) is 117 Å². The molecular weight excluding hydrogens is 617 g/mol. The van der Waals surface area contributed by atoms with E-state index in [1.807, 2.05) is 36.4 Å². The molecule has 264 valence electrons. The molecule has 0 saturated carbocycles. The van der Waals surface area contributed by atoms with Crippen molar-refractivity contribution in [3.8, 4) is 0 Å². The zero-order valence-electron chi connectivity index (χ0n) is 29.2. The molecule has 11 heteroatoms. The van der Waals surface area contributed by atoms with Crippen LogP contribution in [-0.2, 0) is 14.1 Å². The monoisotopic (exact) mass is 670 g/mol. The molecule has 1 amide bonds. The van der Waals surface area contributed by atoms with Gasteiger partial charge in [-0.25, -0.2) is 9.36 Å². The summed E-state index contributed by atoms with van der Waals surface area (Å²) in [4.78, 5) is 22.6. The molecule has 4 aromatic rings. The quantitative estimate of drug-likeness (QED) is 0.136. The van der Waals surface area contributed by atoms with Crippen LogP contribution in [-0.4, -0.2) is 31.5 Å². The van der Waals surface area contributed by atoms with Crippen molar-refractivity contribution in [3.05, 3.63) is 94.1 Å². The molecule has 2 atom stereocenters. The minimum absolute atomic E-state index is 0. The standard InChI is InChI=1S/C18H24FN3O.C12H19N.C6H6F2N2O.CH4/c1-11(2)10-12(3)14-8-6-7-9-15(14)20-18(23)16-13(4)21-22(5)17(16)19;1-9(2)8-10(3)11-6-4-5-7-12(11)13;1-3-4(6(8)11)5(7)10(2)9-3;/h6-9,11-12H,10H2,1-5H3,(H,20,23);4-7,9-10H,8,13H2,1-3H3;1-2H3;1H4. The average Bonchev–Trinajstić information content (AvgIpc) is 3.39. The molecular formula is C37H53F3N6O2. The summed E-state index contributed by atoms with van der Waals surface area (Å²) in [5, 5.41) is 10.3. The summed E-state index contributed by atoms with van der Waals surface area (Å²) in [5.41, 5.74) is 9.78. The van der Waals surface area contributed by atoms with Gasteiger partial charge in [-0.05, 0) is 73.6 Å². The number of benzene rings is 2. The molecule has 2 aromatic carbocycles. The highest BCUT2D eigenvalue weighted by Gasteiger charge is 2.22. The molecule has 0 radical (unpaired) electrons. The number of nitrogen functional groups attached to an aromatic ring is 1. The predicted octanol–water partition coefficient (Wildman–Crippen LogP) is 9.30. The lowest BCUT2D eigenvalue weighted by Gasteiger charge is -2.18. The van der Waals surface area contributed by atoms with Gasteiger partial charge in [0.15, 0.2) is 0 Å². The molecule has 0 fully saturated rings. The molecule has 0 bridgehead atoms. The highest BCUT2D eigenvalue weighted by molar-refractivity contribution is 6.05. The van der Waals surface area contributed by atoms with Gasteiger partial charge in [-0.15, -0.1) is 0 Å². The van der Waals surface area contributed by atoms with Gasteiger partial charge >= 0.3 is 6.04 Å². The van der Waals surface area contributed by atoms with Crippen molar-refractivity contribution in [2.24, 2.45) is 25.9 Å². The maximum Gasteiger partial charge on any atom is 0.338 e. The minimum Gasteiger partial charge on any atom is -0.398 e. The highest BCUT2D eigenvalue weighted by atomic mass is 19.1. The number of amides is 1. The second-order valence-electron chi connectivity index (χ2n) is 12.8. The van der Waals surface area contributed by atoms with Gasteiger partial charge in [0.2, 0.25) is 11.9 Å². The summed E-state index contributed by atoms with van der Waals surface area (Å²) < 4.78 is 40.7. The van der Waals surface area contributed by atoms with Crippen LogP contribution < -0.4 is 11.1 Å². The van der Waals surface area contributed by atoms with Crippen molar-refractivity contribution in [2.75, 3.05) is 11.1 Å². The van der Waals surface area contributed by atoms with Crippen LogP contribution in [0.2, 0.25) is 0 Å². The molecule has 2 aromatic heterocycles. The van der Waals surface area contributed by atoms with Crippen molar-refractivity contribution >= 4 is 23.3 Å². The molecule has 0 saturated heterocycles. The summed E-state index contributed by atoms with van der Waals surface area (Å²) >= 11 is 0. The van der Waals surface area contributed by atoms with E-state index in [9.17, 15) is 22.8 Å². The highest BCUT2D eigenvalue weighted by Crippen LogP contribution is 2.30. The Hall–Kier alpha value is -4.41. The van der Waals surface area contributed by atoms with Crippen LogP contribution in [0.15, 0.2) is 48.5 Å². The third kappa shape index (κ3) is 11.4. The predicted molar refractivity (Wildman–Crippen MR) is 189 cm³/mol. The Morgan fingerprint density at radius 3 is 1.56 bits per heavy atom. The fraction of sp³-hybridized carbons (Fsp3) is 0.459. The second-order valence-corrected chi connectivity index (χ2v) is 12.8. The van der Waals surface area contributed by atoms with Crippen LogP contribution in [0.25, 0.3) is 0 Å². The maximum absolute atomic E-state index is 14.0. The van der Waals surface area contributed by atoms with E-state index >= 15 is 0 Å². The Bertz CT molecular complexity index is 1640. The fourth-order valence-corrected chi connectivity index (χ4v) is 5.59. The largest absolute Gasteiger partial charge is 0.398 e. The number of para-hydroxylation sites is 2. The van der Waals surface area contributed by atoms with Gasteiger partial charge < -0.3 is 11.1 Å². The van der Waals surface area contributed by atoms with Crippen molar-refractivity contribution < 1.29 is 22.8 Å². The molecule has 3 N–H and O–H groups in total. The van der Waals surface area contributed by atoms with E-state index < -0.39 is 29.4 Å². The molecule has 48 heavy (non-hydrogen) atoms. The van der Waals surface area contributed by atoms with E-state index in [1.165, 1.54) is 33.0 Å². The number of anilines is 2. The number of nitrogens with zero attached hydrogens (tertiary/aromatic N) is 4. The minimum atomic E-state index is -1.78. The smallest absolute Gasteiger partial charge is 0.338 e. The van der Waals surface area contributed by atoms with Crippen molar-refractivity contribution in [1.29, 1.82) is 0 Å². The van der Waals surface area contributed by atoms with E-state index in [0.29, 0.717) is 23.4 Å². The number of hydrogen-bond donors (Lipinski definition) is 2. The Morgan fingerprint density at radius 1 is 0.750 bits per heavy atom. The molecule has 0 aliphatic heterocycles. The first kappa shape index (κ1) is 41.6. The number of nitrogens with one attached hydrogen (secondary N) is 1. The van der Waals surface area contributed by atoms with Crippen LogP contribution in [0.5, 0.6) is 0 Å². The number of rotatable bonds is 9. The lowest BCUT2D eigenvalue weighted by molar-refractivity contribution is 0.0829. The number of halogens is 3. The number of carbonyl (C=O) groups excluding carboxylic acids is 2. The average molecular weight is 671 g/mol. The van der Waals surface area contributed by atoms with E-state index in [4.69, 9.17) is 5.73 Å². The van der Waals surface area contributed by atoms with Crippen molar-refractivity contribution in [2.45, 2.75) is 87.5 Å². The zero-order valence-corrected chi connectivity index (χ0v) is 29.2. The van der Waals surface area contributed by atoms with Crippen LogP contribution in [0, 0.1) is 37.6 Å². The Labute approximate surface area is 283 Å². The van der Waals surface area contributed by atoms with Crippen LogP contribution in [0.3, 0.4) is 0 Å². The molecule has 2 unspecified atom stereocenters. The molecule has 0 aliphatic carbocycles. The molecule has 4 rings (SSSR count). The maximum atomic E-state index is 14.0. The number of aryl methyl sites for hydroxylation is 4. The Balaban J connectivity index is 0.000000391. The van der Waals surface area contributed by atoms with Crippen LogP contribution in [0.4, 0.5) is 24.5 Å². The van der Waals surface area contributed by atoms with E-state index in [0.717, 1.165) is 38.6 Å². The van der Waals surface area contributed by atoms with Gasteiger partial charge in [0.25, 0.3) is 5.91 Å². The third-order valence-electron chi connectivity index (χ3n) is 7.64. The first-order chi connectivity index (χ1) is 22.0. The summed E-state index contributed by atoms with van der Waals surface area (Å²) in [6.45, 7) is 16.2. The van der Waals surface area contributed by atoms with E-state index in [1.54, 1.807) is 6.92 Å². The second kappa shape index (κ2) is 18.8. The first-order valence-corrected chi connectivity index (χ1v) is 15.8. The molecule has 0 spiro atoms. The van der Waals surface area contributed by atoms with Gasteiger partial charge in [-0.2, -0.15) is 23.4 Å². The number of hydrogen-bond acceptors (Lipinski definition) is 5. The Kier molecular flexibility index (Phi) is 16.3. The summed E-state index contributed by atoms with van der Waals surface area (Å²) in [6, 6.07) is 14.1. The zero-order chi connectivity index (χ0) is 35.6. The molecule has 2 heterocycles.